The minimum absolute atomic E-state index is 0.0453. The highest BCUT2D eigenvalue weighted by molar-refractivity contribution is 7.98. The number of nitrogens with one attached hydrogen (secondary N) is 1. The molecular formula is C18H16N8O2S2. The summed E-state index contributed by atoms with van der Waals surface area (Å²) in [6, 6.07) is 13.7. The second-order valence-electron chi connectivity index (χ2n) is 6.02. The molecule has 12 heteroatoms. The van der Waals surface area contributed by atoms with Crippen LogP contribution in [0.2, 0.25) is 0 Å². The second kappa shape index (κ2) is 8.88. The molecule has 3 aromatic heterocycles. The van der Waals surface area contributed by atoms with Crippen LogP contribution in [-0.2, 0) is 5.75 Å². The number of hydrogen-bond donors (Lipinski definition) is 2. The number of carbonyl (C=O) groups excluding carboxylic acids is 1. The van der Waals surface area contributed by atoms with Gasteiger partial charge < -0.3 is 5.73 Å². The summed E-state index contributed by atoms with van der Waals surface area (Å²) >= 11 is 3.09. The molecule has 4 rings (SSSR count). The highest BCUT2D eigenvalue weighted by atomic mass is 32.2. The molecule has 0 saturated carbocycles. The number of thioether (sulfide) groups is 1. The molecule has 0 spiro atoms. The van der Waals surface area contributed by atoms with E-state index >= 15 is 0 Å². The fourth-order valence-electron chi connectivity index (χ4n) is 2.51. The van der Waals surface area contributed by atoms with Gasteiger partial charge in [0.15, 0.2) is 5.69 Å². The van der Waals surface area contributed by atoms with Crippen LogP contribution in [0.15, 0.2) is 57.1 Å². The molecular weight excluding hydrogens is 424 g/mol. The van der Waals surface area contributed by atoms with Gasteiger partial charge in [-0.25, -0.2) is 10.1 Å². The van der Waals surface area contributed by atoms with Gasteiger partial charge in [0.25, 0.3) is 5.91 Å². The average molecular weight is 441 g/mol. The summed E-state index contributed by atoms with van der Waals surface area (Å²) in [5.41, 5.74) is 8.89. The average Bonchev–Trinajstić information content (AvgIpc) is 3.47. The summed E-state index contributed by atoms with van der Waals surface area (Å²) in [6.07, 6.45) is 1.58. The van der Waals surface area contributed by atoms with Gasteiger partial charge in [0.2, 0.25) is 11.6 Å². The number of aromatic nitrogens is 5. The highest BCUT2D eigenvalue weighted by Crippen LogP contribution is 2.25. The lowest BCUT2D eigenvalue weighted by Crippen LogP contribution is -2.20. The number of carbonyl (C=O) groups is 1. The van der Waals surface area contributed by atoms with Crippen molar-refractivity contribution in [2.24, 2.45) is 5.10 Å². The maximum absolute atomic E-state index is 12.7. The summed E-state index contributed by atoms with van der Waals surface area (Å²) in [5.74, 6) is 0.107. The van der Waals surface area contributed by atoms with Crippen molar-refractivity contribution >= 4 is 41.0 Å². The molecule has 0 unspecified atom stereocenters. The van der Waals surface area contributed by atoms with Crippen molar-refractivity contribution in [3.05, 3.63) is 63.6 Å². The first-order chi connectivity index (χ1) is 14.6. The van der Waals surface area contributed by atoms with E-state index in [9.17, 15) is 4.79 Å². The number of nitrogens with zero attached hydrogens (tertiary/aromatic N) is 6. The molecule has 0 aliphatic heterocycles. The van der Waals surface area contributed by atoms with Gasteiger partial charge in [0.1, 0.15) is 0 Å². The molecule has 4 aromatic rings. The molecule has 3 N–H and O–H groups in total. The summed E-state index contributed by atoms with van der Waals surface area (Å²) in [7, 11) is 0. The van der Waals surface area contributed by atoms with Gasteiger partial charge >= 0.3 is 0 Å². The van der Waals surface area contributed by atoms with Crippen LogP contribution < -0.4 is 11.2 Å². The first-order valence-corrected chi connectivity index (χ1v) is 10.5. The van der Waals surface area contributed by atoms with E-state index in [4.69, 9.17) is 5.73 Å². The standard InChI is InChI=1S/C18H16N8O2S2/c1-11-7-8-13(30-11)9-20-22-18(27)15-14(10-29-12-5-3-2-4-6-12)26(25-21-15)17-16(19)23-28-24-17/h2-9H,10H2,1H3,(H2,19,23)(H,22,27)/b20-9-. The zero-order valence-electron chi connectivity index (χ0n) is 15.7. The Kier molecular flexibility index (Phi) is 5.86. The van der Waals surface area contributed by atoms with Crippen LogP contribution in [0.5, 0.6) is 0 Å². The van der Waals surface area contributed by atoms with Crippen molar-refractivity contribution in [1.29, 1.82) is 0 Å². The van der Waals surface area contributed by atoms with E-state index in [1.54, 1.807) is 17.6 Å². The Balaban J connectivity index is 1.58. The normalized spacial score (nSPS) is 11.2. The molecule has 10 nitrogen and oxygen atoms in total. The molecule has 0 bridgehead atoms. The molecule has 0 radical (unpaired) electrons. The van der Waals surface area contributed by atoms with Gasteiger partial charge in [-0.3, -0.25) is 4.79 Å². The van der Waals surface area contributed by atoms with Crippen molar-refractivity contribution in [3.63, 3.8) is 0 Å². The lowest BCUT2D eigenvalue weighted by atomic mass is 10.3. The fraction of sp³-hybridized carbons (Fsp3) is 0.111. The highest BCUT2D eigenvalue weighted by Gasteiger charge is 2.24. The van der Waals surface area contributed by atoms with Crippen LogP contribution in [0.1, 0.15) is 25.9 Å². The van der Waals surface area contributed by atoms with Crippen LogP contribution >= 0.6 is 23.1 Å². The van der Waals surface area contributed by atoms with Crippen LogP contribution in [0, 0.1) is 6.92 Å². The van der Waals surface area contributed by atoms with Crippen LogP contribution in [0.3, 0.4) is 0 Å². The molecule has 0 aliphatic carbocycles. The van der Waals surface area contributed by atoms with Crippen molar-refractivity contribution in [1.82, 2.24) is 30.7 Å². The Morgan fingerprint density at radius 2 is 2.13 bits per heavy atom. The van der Waals surface area contributed by atoms with Gasteiger partial charge in [0.05, 0.1) is 11.9 Å². The number of rotatable bonds is 7. The third-order valence-electron chi connectivity index (χ3n) is 3.91. The Morgan fingerprint density at radius 3 is 2.83 bits per heavy atom. The van der Waals surface area contributed by atoms with Crippen LogP contribution in [0.25, 0.3) is 5.82 Å². The Labute approximate surface area is 179 Å². The molecule has 152 valence electrons. The molecule has 30 heavy (non-hydrogen) atoms. The molecule has 0 saturated heterocycles. The number of amides is 1. The molecule has 0 atom stereocenters. The Hall–Kier alpha value is -3.51. The Bertz CT molecular complexity index is 1180. The van der Waals surface area contributed by atoms with Gasteiger partial charge in [-0.2, -0.15) is 9.78 Å². The van der Waals surface area contributed by atoms with E-state index in [1.165, 1.54) is 16.4 Å². The maximum atomic E-state index is 12.7. The van der Waals surface area contributed by atoms with Crippen LogP contribution in [-0.4, -0.2) is 37.4 Å². The van der Waals surface area contributed by atoms with Crippen molar-refractivity contribution in [2.45, 2.75) is 17.6 Å². The molecule has 1 aromatic carbocycles. The minimum Gasteiger partial charge on any atom is -0.378 e. The number of aryl methyl sites for hydroxylation is 1. The largest absolute Gasteiger partial charge is 0.378 e. The fourth-order valence-corrected chi connectivity index (χ4v) is 4.18. The van der Waals surface area contributed by atoms with Crippen molar-refractivity contribution in [2.75, 3.05) is 5.73 Å². The SMILES string of the molecule is Cc1ccc(/C=N\NC(=O)c2nnn(-c3nonc3N)c2CSc2ccccc2)s1. The van der Waals surface area contributed by atoms with E-state index < -0.39 is 5.91 Å². The summed E-state index contributed by atoms with van der Waals surface area (Å²) < 4.78 is 6.01. The summed E-state index contributed by atoms with van der Waals surface area (Å²) in [4.78, 5) is 15.8. The lowest BCUT2D eigenvalue weighted by Gasteiger charge is -2.05. The third-order valence-corrected chi connectivity index (χ3v) is 5.87. The van der Waals surface area contributed by atoms with Gasteiger partial charge in [-0.1, -0.05) is 23.4 Å². The summed E-state index contributed by atoms with van der Waals surface area (Å²) in [6.45, 7) is 2.00. The minimum atomic E-state index is -0.496. The predicted molar refractivity (Wildman–Crippen MR) is 114 cm³/mol. The second-order valence-corrected chi connectivity index (χ2v) is 8.39. The summed E-state index contributed by atoms with van der Waals surface area (Å²) in [5, 5.41) is 19.4. The first-order valence-electron chi connectivity index (χ1n) is 8.72. The number of nitrogens with two attached hydrogens (primary N) is 1. The smallest absolute Gasteiger partial charge is 0.293 e. The van der Waals surface area contributed by atoms with Crippen molar-refractivity contribution < 1.29 is 9.42 Å². The number of hydrazone groups is 1. The van der Waals surface area contributed by atoms with Crippen LogP contribution in [0.4, 0.5) is 5.82 Å². The van der Waals surface area contributed by atoms with E-state index in [1.807, 2.05) is 49.4 Å². The Morgan fingerprint density at radius 1 is 1.30 bits per heavy atom. The third kappa shape index (κ3) is 4.39. The molecule has 1 amide bonds. The van der Waals surface area contributed by atoms with E-state index in [-0.39, 0.29) is 17.3 Å². The first kappa shape index (κ1) is 19.8. The zero-order chi connectivity index (χ0) is 20.9. The topological polar surface area (TPSA) is 137 Å². The number of benzene rings is 1. The number of hydrogen-bond acceptors (Lipinski definition) is 10. The number of nitrogen functional groups attached to an aromatic ring is 1. The molecule has 3 heterocycles. The van der Waals surface area contributed by atoms with Gasteiger partial charge in [-0.15, -0.1) is 28.2 Å². The number of thiophene rings is 1. The van der Waals surface area contributed by atoms with Gasteiger partial charge in [-0.05, 0) is 41.5 Å². The quantitative estimate of drug-likeness (QED) is 0.254. The van der Waals surface area contributed by atoms with Gasteiger partial charge in [0, 0.05) is 20.4 Å². The lowest BCUT2D eigenvalue weighted by molar-refractivity contribution is 0.0949. The number of anilines is 1. The molecule has 0 aliphatic rings. The zero-order valence-corrected chi connectivity index (χ0v) is 17.4. The van der Waals surface area contributed by atoms with E-state index in [2.05, 4.69) is 35.8 Å². The van der Waals surface area contributed by atoms with E-state index in [0.29, 0.717) is 11.4 Å². The molecule has 0 fully saturated rings. The van der Waals surface area contributed by atoms with Crippen molar-refractivity contribution in [3.8, 4) is 5.82 Å². The predicted octanol–water partition coefficient (Wildman–Crippen LogP) is 2.66. The van der Waals surface area contributed by atoms with E-state index in [0.717, 1.165) is 14.6 Å². The maximum Gasteiger partial charge on any atom is 0.293 e. The monoisotopic (exact) mass is 440 g/mol.